The highest BCUT2D eigenvalue weighted by atomic mass is 16.3. The van der Waals surface area contributed by atoms with Crippen LogP contribution >= 0.6 is 0 Å². The molecular weight excluding hydrogens is 176 g/mol. The molecule has 1 heterocycles. The summed E-state index contributed by atoms with van der Waals surface area (Å²) in [6.45, 7) is 2.12. The number of likely N-dealkylation sites (tertiary alicyclic amines) is 1. The van der Waals surface area contributed by atoms with Crippen LogP contribution in [0.25, 0.3) is 0 Å². The Bertz CT molecular complexity index is 184. The van der Waals surface area contributed by atoms with Crippen molar-refractivity contribution in [1.82, 2.24) is 4.90 Å². The van der Waals surface area contributed by atoms with Gasteiger partial charge in [-0.1, -0.05) is 0 Å². The smallest absolute Gasteiger partial charge is 0.0571 e. The number of aliphatic hydroxyl groups is 1. The third-order valence-electron chi connectivity index (χ3n) is 3.49. The number of hydrogen-bond donors (Lipinski definition) is 2. The maximum Gasteiger partial charge on any atom is 0.0571 e. The Kier molecular flexibility index (Phi) is 3.10. The number of hydrogen-bond acceptors (Lipinski definition) is 3. The first-order chi connectivity index (χ1) is 6.65. The van der Waals surface area contributed by atoms with E-state index in [0.717, 1.165) is 25.9 Å². The van der Waals surface area contributed by atoms with Crippen LogP contribution in [-0.4, -0.2) is 42.3 Å². The van der Waals surface area contributed by atoms with Crippen molar-refractivity contribution in [2.45, 2.75) is 37.8 Å². The Hall–Kier alpha value is -0.120. The molecule has 1 saturated heterocycles. The van der Waals surface area contributed by atoms with Crippen molar-refractivity contribution in [3.8, 4) is 0 Å². The van der Waals surface area contributed by atoms with E-state index in [9.17, 15) is 5.11 Å². The standard InChI is InChI=1S/C11H22N2O/c1-13-6-8(4-10(12)7-13)5-11(14)9-2-3-9/h8-11,14H,2-7,12H2,1H3. The molecule has 0 spiro atoms. The minimum Gasteiger partial charge on any atom is -0.393 e. The van der Waals surface area contributed by atoms with Crippen LogP contribution in [0.2, 0.25) is 0 Å². The summed E-state index contributed by atoms with van der Waals surface area (Å²) in [5.41, 5.74) is 5.96. The Balaban J connectivity index is 1.78. The zero-order valence-electron chi connectivity index (χ0n) is 9.02. The lowest BCUT2D eigenvalue weighted by Crippen LogP contribution is -2.45. The molecule has 1 aliphatic heterocycles. The molecule has 2 aliphatic rings. The van der Waals surface area contributed by atoms with Gasteiger partial charge in [0, 0.05) is 19.1 Å². The van der Waals surface area contributed by atoms with Crippen molar-refractivity contribution in [3.63, 3.8) is 0 Å². The maximum absolute atomic E-state index is 9.85. The zero-order chi connectivity index (χ0) is 10.1. The highest BCUT2D eigenvalue weighted by Crippen LogP contribution is 2.36. The summed E-state index contributed by atoms with van der Waals surface area (Å²) < 4.78 is 0. The summed E-state index contributed by atoms with van der Waals surface area (Å²) in [7, 11) is 2.12. The van der Waals surface area contributed by atoms with Gasteiger partial charge in [0.1, 0.15) is 0 Å². The number of nitrogens with two attached hydrogens (primary N) is 1. The maximum atomic E-state index is 9.85. The Morgan fingerprint density at radius 1 is 1.43 bits per heavy atom. The molecule has 1 saturated carbocycles. The fraction of sp³-hybridized carbons (Fsp3) is 1.00. The number of piperidine rings is 1. The summed E-state index contributed by atoms with van der Waals surface area (Å²) in [4.78, 5) is 2.29. The van der Waals surface area contributed by atoms with E-state index in [1.807, 2.05) is 0 Å². The molecule has 0 aromatic carbocycles. The molecule has 3 heteroatoms. The van der Waals surface area contributed by atoms with Gasteiger partial charge in [-0.25, -0.2) is 0 Å². The molecule has 0 radical (unpaired) electrons. The molecular formula is C11H22N2O. The van der Waals surface area contributed by atoms with E-state index in [0.29, 0.717) is 17.9 Å². The monoisotopic (exact) mass is 198 g/mol. The lowest BCUT2D eigenvalue weighted by molar-refractivity contribution is 0.0890. The Morgan fingerprint density at radius 3 is 2.71 bits per heavy atom. The Labute approximate surface area is 86.3 Å². The molecule has 2 rings (SSSR count). The quantitative estimate of drug-likeness (QED) is 0.691. The largest absolute Gasteiger partial charge is 0.393 e. The SMILES string of the molecule is CN1CC(N)CC(CC(O)C2CC2)C1. The minimum absolute atomic E-state index is 0.0568. The first kappa shape index (κ1) is 10.4. The van der Waals surface area contributed by atoms with Gasteiger partial charge in [-0.2, -0.15) is 0 Å². The van der Waals surface area contributed by atoms with E-state index in [1.54, 1.807) is 0 Å². The van der Waals surface area contributed by atoms with Crippen LogP contribution in [-0.2, 0) is 0 Å². The van der Waals surface area contributed by atoms with Crippen LogP contribution in [0.3, 0.4) is 0 Å². The molecule has 3 N–H and O–H groups in total. The molecule has 14 heavy (non-hydrogen) atoms. The van der Waals surface area contributed by atoms with Crippen molar-refractivity contribution in [1.29, 1.82) is 0 Å². The van der Waals surface area contributed by atoms with Gasteiger partial charge in [-0.15, -0.1) is 0 Å². The topological polar surface area (TPSA) is 49.5 Å². The molecule has 2 fully saturated rings. The van der Waals surface area contributed by atoms with E-state index in [2.05, 4.69) is 11.9 Å². The summed E-state index contributed by atoms with van der Waals surface area (Å²) in [6.07, 6.45) is 4.46. The van der Waals surface area contributed by atoms with Gasteiger partial charge >= 0.3 is 0 Å². The summed E-state index contributed by atoms with van der Waals surface area (Å²) in [5, 5.41) is 9.85. The highest BCUT2D eigenvalue weighted by Gasteiger charge is 2.33. The molecule has 0 aromatic heterocycles. The van der Waals surface area contributed by atoms with Gasteiger partial charge < -0.3 is 15.7 Å². The normalized spacial score (nSPS) is 37.1. The van der Waals surface area contributed by atoms with Gasteiger partial charge in [0.15, 0.2) is 0 Å². The summed E-state index contributed by atoms with van der Waals surface area (Å²) >= 11 is 0. The molecule has 3 unspecified atom stereocenters. The number of likely N-dealkylation sites (N-methyl/N-ethyl adjacent to an activating group) is 1. The van der Waals surface area contributed by atoms with Crippen molar-refractivity contribution < 1.29 is 5.11 Å². The highest BCUT2D eigenvalue weighted by molar-refractivity contribution is 4.86. The minimum atomic E-state index is -0.0568. The van der Waals surface area contributed by atoms with Gasteiger partial charge in [0.05, 0.1) is 6.10 Å². The predicted molar refractivity (Wildman–Crippen MR) is 56.9 cm³/mol. The molecule has 0 bridgehead atoms. The number of nitrogens with zero attached hydrogens (tertiary/aromatic N) is 1. The first-order valence-electron chi connectivity index (χ1n) is 5.77. The van der Waals surface area contributed by atoms with Gasteiger partial charge in [-0.05, 0) is 44.6 Å². The van der Waals surface area contributed by atoms with Crippen molar-refractivity contribution >= 4 is 0 Å². The first-order valence-corrected chi connectivity index (χ1v) is 5.77. The third-order valence-corrected chi connectivity index (χ3v) is 3.49. The van der Waals surface area contributed by atoms with Crippen molar-refractivity contribution in [2.24, 2.45) is 17.6 Å². The van der Waals surface area contributed by atoms with Gasteiger partial charge in [0.25, 0.3) is 0 Å². The van der Waals surface area contributed by atoms with Crippen LogP contribution in [0.5, 0.6) is 0 Å². The number of rotatable bonds is 3. The molecule has 3 nitrogen and oxygen atoms in total. The average molecular weight is 198 g/mol. The second-order valence-electron chi connectivity index (χ2n) is 5.22. The zero-order valence-corrected chi connectivity index (χ0v) is 9.02. The van der Waals surface area contributed by atoms with Crippen LogP contribution in [0.4, 0.5) is 0 Å². The fourth-order valence-electron chi connectivity index (χ4n) is 2.68. The molecule has 82 valence electrons. The second-order valence-corrected chi connectivity index (χ2v) is 5.22. The van der Waals surface area contributed by atoms with E-state index in [4.69, 9.17) is 5.73 Å². The van der Waals surface area contributed by atoms with Crippen LogP contribution in [0.15, 0.2) is 0 Å². The molecule has 0 aromatic rings. The lowest BCUT2D eigenvalue weighted by atomic mass is 9.89. The van der Waals surface area contributed by atoms with E-state index >= 15 is 0 Å². The van der Waals surface area contributed by atoms with E-state index < -0.39 is 0 Å². The molecule has 0 amide bonds. The number of aliphatic hydroxyl groups excluding tert-OH is 1. The second kappa shape index (κ2) is 4.17. The third kappa shape index (κ3) is 2.69. The van der Waals surface area contributed by atoms with Crippen molar-refractivity contribution in [3.05, 3.63) is 0 Å². The summed E-state index contributed by atoms with van der Waals surface area (Å²) in [6, 6.07) is 0.310. The predicted octanol–water partition coefficient (Wildman–Crippen LogP) is 0.426. The average Bonchev–Trinajstić information content (AvgIpc) is 2.82. The van der Waals surface area contributed by atoms with Crippen LogP contribution < -0.4 is 5.73 Å². The Morgan fingerprint density at radius 2 is 2.14 bits per heavy atom. The van der Waals surface area contributed by atoms with Crippen LogP contribution in [0, 0.1) is 11.8 Å². The molecule has 3 atom stereocenters. The fourth-order valence-corrected chi connectivity index (χ4v) is 2.68. The van der Waals surface area contributed by atoms with E-state index in [-0.39, 0.29) is 6.10 Å². The van der Waals surface area contributed by atoms with Crippen LogP contribution in [0.1, 0.15) is 25.7 Å². The van der Waals surface area contributed by atoms with Crippen molar-refractivity contribution in [2.75, 3.05) is 20.1 Å². The molecule has 1 aliphatic carbocycles. The summed E-state index contributed by atoms with van der Waals surface area (Å²) in [5.74, 6) is 1.22. The lowest BCUT2D eigenvalue weighted by Gasteiger charge is -2.34. The van der Waals surface area contributed by atoms with Gasteiger partial charge in [0.2, 0.25) is 0 Å². The van der Waals surface area contributed by atoms with E-state index in [1.165, 1.54) is 12.8 Å². The van der Waals surface area contributed by atoms with Gasteiger partial charge in [-0.3, -0.25) is 0 Å².